The van der Waals surface area contributed by atoms with Crippen molar-refractivity contribution in [2.45, 2.75) is 6.18 Å². The van der Waals surface area contributed by atoms with Crippen molar-refractivity contribution in [1.29, 1.82) is 0 Å². The van der Waals surface area contributed by atoms with Crippen LogP contribution in [0.15, 0.2) is 42.5 Å². The molecule has 0 heterocycles. The van der Waals surface area contributed by atoms with Crippen molar-refractivity contribution in [1.82, 2.24) is 0 Å². The summed E-state index contributed by atoms with van der Waals surface area (Å²) in [6.45, 7) is -0.729. The van der Waals surface area contributed by atoms with Crippen molar-refractivity contribution in [3.8, 4) is 0 Å². The molecule has 2 aromatic rings. The first-order valence-corrected chi connectivity index (χ1v) is 7.54. The maximum atomic E-state index is 12.5. The maximum Gasteiger partial charge on any atom is 0.416 e. The topological polar surface area (TPSA) is 98.5 Å². The Morgan fingerprint density at radius 3 is 2.30 bits per heavy atom. The molecule has 0 aromatic heterocycles. The number of amides is 1. The maximum absolute atomic E-state index is 12.5. The van der Waals surface area contributed by atoms with Gasteiger partial charge in [0.25, 0.3) is 11.6 Å². The summed E-state index contributed by atoms with van der Waals surface area (Å²) in [7, 11) is 0. The number of nitrogens with one attached hydrogen (secondary N) is 1. The summed E-state index contributed by atoms with van der Waals surface area (Å²) in [6, 6.07) is 6.77. The summed E-state index contributed by atoms with van der Waals surface area (Å²) in [6.07, 6.45) is -4.50. The number of benzene rings is 2. The Kier molecular flexibility index (Phi) is 6.01. The van der Waals surface area contributed by atoms with Gasteiger partial charge in [-0.15, -0.1) is 0 Å². The monoisotopic (exact) mass is 402 g/mol. The standard InChI is InChI=1S/C16H10ClF3N2O5/c17-13-7-11(22(25)26)5-6-12(13)15(24)27-8-14(23)21-10-3-1-9(2-4-10)16(18,19)20/h1-7H,8H2,(H,21,23). The average molecular weight is 403 g/mol. The van der Waals surface area contributed by atoms with Gasteiger partial charge in [0.05, 0.1) is 21.1 Å². The minimum absolute atomic E-state index is 0.0809. The van der Waals surface area contributed by atoms with E-state index in [-0.39, 0.29) is 22.0 Å². The van der Waals surface area contributed by atoms with Gasteiger partial charge in [0.2, 0.25) is 0 Å². The predicted molar refractivity (Wildman–Crippen MR) is 88.5 cm³/mol. The minimum Gasteiger partial charge on any atom is -0.452 e. The first kappa shape index (κ1) is 20.2. The number of halogens is 4. The zero-order chi connectivity index (χ0) is 20.2. The summed E-state index contributed by atoms with van der Waals surface area (Å²) >= 11 is 5.77. The minimum atomic E-state index is -4.50. The van der Waals surface area contributed by atoms with E-state index < -0.39 is 35.1 Å². The number of hydrogen-bond donors (Lipinski definition) is 1. The summed E-state index contributed by atoms with van der Waals surface area (Å²) in [5.41, 5.74) is -1.29. The number of alkyl halides is 3. The third-order valence-electron chi connectivity index (χ3n) is 3.21. The number of nitro benzene ring substituents is 1. The molecule has 1 amide bonds. The molecule has 7 nitrogen and oxygen atoms in total. The summed E-state index contributed by atoms with van der Waals surface area (Å²) in [4.78, 5) is 33.5. The molecule has 1 N–H and O–H groups in total. The first-order chi connectivity index (χ1) is 12.6. The van der Waals surface area contributed by atoms with E-state index in [2.05, 4.69) is 5.32 Å². The number of ether oxygens (including phenoxy) is 1. The lowest BCUT2D eigenvalue weighted by atomic mass is 10.2. The van der Waals surface area contributed by atoms with E-state index in [4.69, 9.17) is 16.3 Å². The number of carbonyl (C=O) groups excluding carboxylic acids is 2. The molecule has 0 spiro atoms. The molecule has 0 radical (unpaired) electrons. The molecule has 142 valence electrons. The Hall–Kier alpha value is -3.14. The SMILES string of the molecule is O=C(COC(=O)c1ccc([N+](=O)[O-])cc1Cl)Nc1ccc(C(F)(F)F)cc1. The van der Waals surface area contributed by atoms with Crippen molar-refractivity contribution < 1.29 is 32.4 Å². The second-order valence-electron chi connectivity index (χ2n) is 5.12. The van der Waals surface area contributed by atoms with Crippen LogP contribution in [0.4, 0.5) is 24.5 Å². The van der Waals surface area contributed by atoms with Gasteiger partial charge < -0.3 is 10.1 Å². The second-order valence-corrected chi connectivity index (χ2v) is 5.53. The number of nitrogens with zero attached hydrogens (tertiary/aromatic N) is 1. The highest BCUT2D eigenvalue weighted by Crippen LogP contribution is 2.29. The zero-order valence-electron chi connectivity index (χ0n) is 13.2. The van der Waals surface area contributed by atoms with Gasteiger partial charge in [-0.2, -0.15) is 13.2 Å². The molecule has 0 saturated heterocycles. The summed E-state index contributed by atoms with van der Waals surface area (Å²) < 4.78 is 42.1. The summed E-state index contributed by atoms with van der Waals surface area (Å²) in [5, 5.41) is 12.6. The molecule has 0 aliphatic heterocycles. The molecule has 0 aliphatic rings. The molecule has 0 unspecified atom stereocenters. The van der Waals surface area contributed by atoms with Crippen LogP contribution in [0, 0.1) is 10.1 Å². The van der Waals surface area contributed by atoms with Gasteiger partial charge in [-0.25, -0.2) is 4.79 Å². The fraction of sp³-hybridized carbons (Fsp3) is 0.125. The van der Waals surface area contributed by atoms with Crippen LogP contribution in [0.25, 0.3) is 0 Å². The number of carbonyl (C=O) groups is 2. The number of rotatable bonds is 5. The summed E-state index contributed by atoms with van der Waals surface area (Å²) in [5.74, 6) is -1.78. The van der Waals surface area contributed by atoms with Crippen molar-refractivity contribution in [2.24, 2.45) is 0 Å². The molecule has 0 fully saturated rings. The number of hydrogen-bond acceptors (Lipinski definition) is 5. The van der Waals surface area contributed by atoms with Crippen molar-refractivity contribution in [3.05, 3.63) is 68.7 Å². The normalized spacial score (nSPS) is 11.0. The van der Waals surface area contributed by atoms with Gasteiger partial charge in [-0.3, -0.25) is 14.9 Å². The molecule has 0 saturated carbocycles. The van der Waals surface area contributed by atoms with E-state index >= 15 is 0 Å². The number of esters is 1. The van der Waals surface area contributed by atoms with Crippen LogP contribution in [-0.4, -0.2) is 23.4 Å². The van der Waals surface area contributed by atoms with E-state index in [1.165, 1.54) is 0 Å². The quantitative estimate of drug-likeness (QED) is 0.462. The number of non-ortho nitro benzene ring substituents is 1. The molecular formula is C16H10ClF3N2O5. The number of anilines is 1. The van der Waals surface area contributed by atoms with E-state index in [0.29, 0.717) is 0 Å². The fourth-order valence-electron chi connectivity index (χ4n) is 1.93. The van der Waals surface area contributed by atoms with Crippen LogP contribution < -0.4 is 5.32 Å². The zero-order valence-corrected chi connectivity index (χ0v) is 14.0. The first-order valence-electron chi connectivity index (χ1n) is 7.16. The predicted octanol–water partition coefficient (Wildman–Crippen LogP) is 4.06. The third kappa shape index (κ3) is 5.42. The van der Waals surface area contributed by atoms with Crippen LogP contribution in [0.5, 0.6) is 0 Å². The van der Waals surface area contributed by atoms with Gasteiger partial charge in [0, 0.05) is 17.8 Å². The largest absolute Gasteiger partial charge is 0.452 e. The molecule has 0 atom stereocenters. The molecular weight excluding hydrogens is 393 g/mol. The molecule has 27 heavy (non-hydrogen) atoms. The fourth-order valence-corrected chi connectivity index (χ4v) is 2.18. The third-order valence-corrected chi connectivity index (χ3v) is 3.53. The Morgan fingerprint density at radius 2 is 1.78 bits per heavy atom. The van der Waals surface area contributed by atoms with Crippen LogP contribution in [0.3, 0.4) is 0 Å². The van der Waals surface area contributed by atoms with Crippen LogP contribution in [0.2, 0.25) is 5.02 Å². The Bertz CT molecular complexity index is 885. The molecule has 0 aliphatic carbocycles. The smallest absolute Gasteiger partial charge is 0.416 e. The van der Waals surface area contributed by atoms with Gasteiger partial charge in [0.1, 0.15) is 0 Å². The van der Waals surface area contributed by atoms with Crippen molar-refractivity contribution in [2.75, 3.05) is 11.9 Å². The Morgan fingerprint density at radius 1 is 1.15 bits per heavy atom. The van der Waals surface area contributed by atoms with Gasteiger partial charge >= 0.3 is 12.1 Å². The average Bonchev–Trinajstić information content (AvgIpc) is 2.59. The lowest BCUT2D eigenvalue weighted by Gasteiger charge is -2.09. The highest BCUT2D eigenvalue weighted by Gasteiger charge is 2.30. The second kappa shape index (κ2) is 8.04. The van der Waals surface area contributed by atoms with Crippen LogP contribution >= 0.6 is 11.6 Å². The molecule has 2 rings (SSSR count). The van der Waals surface area contributed by atoms with Crippen LogP contribution in [-0.2, 0) is 15.7 Å². The van der Waals surface area contributed by atoms with E-state index in [0.717, 1.165) is 42.5 Å². The van der Waals surface area contributed by atoms with Crippen molar-refractivity contribution in [3.63, 3.8) is 0 Å². The van der Waals surface area contributed by atoms with E-state index in [1.807, 2.05) is 0 Å². The molecule has 2 aromatic carbocycles. The molecule has 0 bridgehead atoms. The van der Waals surface area contributed by atoms with Gasteiger partial charge in [-0.05, 0) is 30.3 Å². The van der Waals surface area contributed by atoms with Crippen molar-refractivity contribution >= 4 is 34.9 Å². The van der Waals surface area contributed by atoms with E-state index in [9.17, 15) is 32.9 Å². The highest BCUT2D eigenvalue weighted by atomic mass is 35.5. The Balaban J connectivity index is 1.93. The van der Waals surface area contributed by atoms with E-state index in [1.54, 1.807) is 0 Å². The lowest BCUT2D eigenvalue weighted by Crippen LogP contribution is -2.21. The number of nitro groups is 1. The highest BCUT2D eigenvalue weighted by molar-refractivity contribution is 6.33. The molecule has 11 heteroatoms. The van der Waals surface area contributed by atoms with Crippen LogP contribution in [0.1, 0.15) is 15.9 Å². The van der Waals surface area contributed by atoms with Gasteiger partial charge in [0.15, 0.2) is 6.61 Å². The van der Waals surface area contributed by atoms with Gasteiger partial charge in [-0.1, -0.05) is 11.6 Å². The Labute approximate surface area is 154 Å². The lowest BCUT2D eigenvalue weighted by molar-refractivity contribution is -0.384.